The molecule has 0 amide bonds. The van der Waals surface area contributed by atoms with Gasteiger partial charge in [-0.2, -0.15) is 0 Å². The van der Waals surface area contributed by atoms with E-state index in [0.29, 0.717) is 6.61 Å². The van der Waals surface area contributed by atoms with Gasteiger partial charge in [-0.15, -0.1) is 0 Å². The van der Waals surface area contributed by atoms with E-state index in [9.17, 15) is 9.36 Å². The van der Waals surface area contributed by atoms with Gasteiger partial charge in [-0.05, 0) is 0 Å². The zero-order valence-electron chi connectivity index (χ0n) is 10.0. The summed E-state index contributed by atoms with van der Waals surface area (Å²) in [5.74, 6) is -0.339. The van der Waals surface area contributed by atoms with E-state index >= 15 is 0 Å². The summed E-state index contributed by atoms with van der Waals surface area (Å²) < 4.78 is 14.9. The van der Waals surface area contributed by atoms with Crippen molar-refractivity contribution in [2.45, 2.75) is 58.3 Å². The number of rotatable bonds is 9. The van der Waals surface area contributed by atoms with E-state index < -0.39 is 0 Å². The molecular formula is C12H21O3P. The van der Waals surface area contributed by atoms with Crippen LogP contribution in [0.2, 0.25) is 0 Å². The molecule has 0 radical (unpaired) electrons. The number of esters is 1. The molecule has 0 heterocycles. The number of hydrogen-bond donors (Lipinski definition) is 0. The molecule has 0 aromatic carbocycles. The summed E-state index contributed by atoms with van der Waals surface area (Å²) in [5, 5.41) is 0. The molecule has 0 bridgehead atoms. The van der Waals surface area contributed by atoms with E-state index in [4.69, 9.17) is 4.74 Å². The van der Waals surface area contributed by atoms with Crippen molar-refractivity contribution in [3.8, 4) is 5.63 Å². The summed E-state index contributed by atoms with van der Waals surface area (Å²) in [5.41, 5.74) is 2.37. The monoisotopic (exact) mass is 244 g/mol. The second-order valence-electron chi connectivity index (χ2n) is 3.77. The van der Waals surface area contributed by atoms with Crippen molar-refractivity contribution < 1.29 is 14.1 Å². The Kier molecular flexibility index (Phi) is 12.1. The van der Waals surface area contributed by atoms with Gasteiger partial charge in [0.05, 0.1) is 0 Å². The molecular weight excluding hydrogens is 223 g/mol. The molecule has 0 aliphatic heterocycles. The fraction of sp³-hybridized carbons (Fsp3) is 0.833. The van der Waals surface area contributed by atoms with Crippen LogP contribution in [0.5, 0.6) is 0 Å². The van der Waals surface area contributed by atoms with Gasteiger partial charge in [0.1, 0.15) is 0 Å². The Balaban J connectivity index is 3.16. The van der Waals surface area contributed by atoms with Crippen LogP contribution in [0.15, 0.2) is 0 Å². The van der Waals surface area contributed by atoms with Gasteiger partial charge < -0.3 is 0 Å². The zero-order chi connectivity index (χ0) is 12.1. The van der Waals surface area contributed by atoms with Gasteiger partial charge in [0.15, 0.2) is 0 Å². The van der Waals surface area contributed by atoms with E-state index in [-0.39, 0.29) is 20.3 Å². The van der Waals surface area contributed by atoms with E-state index in [0.717, 1.165) is 12.8 Å². The van der Waals surface area contributed by atoms with Crippen molar-refractivity contribution in [1.29, 1.82) is 0 Å². The van der Waals surface area contributed by atoms with Crippen LogP contribution in [0.3, 0.4) is 0 Å². The molecule has 0 atom stereocenters. The van der Waals surface area contributed by atoms with Crippen LogP contribution < -0.4 is 0 Å². The van der Waals surface area contributed by atoms with Crippen molar-refractivity contribution in [3.05, 3.63) is 0 Å². The molecule has 4 heteroatoms. The first-order valence-electron chi connectivity index (χ1n) is 6.02. The van der Waals surface area contributed by atoms with E-state index in [1.54, 1.807) is 0 Å². The van der Waals surface area contributed by atoms with Crippen LogP contribution in [0.1, 0.15) is 58.3 Å². The summed E-state index contributed by atoms with van der Waals surface area (Å²) in [7, 11) is -0.231. The fourth-order valence-electron chi connectivity index (χ4n) is 1.39. The zero-order valence-corrected chi connectivity index (χ0v) is 10.9. The number of ether oxygens (including phenoxy) is 1. The molecule has 0 aromatic heterocycles. The molecule has 0 aromatic rings. The summed E-state index contributed by atoms with van der Waals surface area (Å²) in [6.45, 7) is 2.68. The number of hydrogen-bond acceptors (Lipinski definition) is 3. The third kappa shape index (κ3) is 11.6. The van der Waals surface area contributed by atoms with Gasteiger partial charge in [0.25, 0.3) is 0 Å². The van der Waals surface area contributed by atoms with Crippen LogP contribution in [0.4, 0.5) is 0 Å². The van der Waals surface area contributed by atoms with E-state index in [1.807, 2.05) is 0 Å². The quantitative estimate of drug-likeness (QED) is 0.351. The first kappa shape index (κ1) is 15.5. The van der Waals surface area contributed by atoms with Crippen molar-refractivity contribution in [1.82, 2.24) is 0 Å². The summed E-state index contributed by atoms with van der Waals surface area (Å²) >= 11 is 0. The Morgan fingerprint density at radius 3 is 2.38 bits per heavy atom. The predicted octanol–water partition coefficient (Wildman–Crippen LogP) is 3.92. The van der Waals surface area contributed by atoms with Crippen molar-refractivity contribution >= 4 is 13.9 Å². The van der Waals surface area contributed by atoms with Crippen molar-refractivity contribution in [3.63, 3.8) is 0 Å². The van der Waals surface area contributed by atoms with Gasteiger partial charge >= 0.3 is 91.6 Å². The fourth-order valence-corrected chi connectivity index (χ4v) is 1.59. The minimum atomic E-state index is -0.339. The molecule has 0 aliphatic carbocycles. The molecule has 0 rings (SSSR count). The standard InChI is InChI=1S/C12H21O3P/c1-2-3-4-5-6-7-8-10-15-12(13)9-11-16-14/h2-10H2,1H3. The maximum atomic E-state index is 10.9. The minimum absolute atomic E-state index is 0.0154. The van der Waals surface area contributed by atoms with Gasteiger partial charge in [0, 0.05) is 0 Å². The molecule has 0 N–H and O–H groups in total. The molecule has 0 aliphatic rings. The molecule has 92 valence electrons. The Labute approximate surface area is 99.1 Å². The molecule has 0 unspecified atom stereocenters. The van der Waals surface area contributed by atoms with E-state index in [2.05, 4.69) is 12.6 Å². The predicted molar refractivity (Wildman–Crippen MR) is 65.1 cm³/mol. The molecule has 0 saturated carbocycles. The van der Waals surface area contributed by atoms with Crippen molar-refractivity contribution in [2.75, 3.05) is 6.61 Å². The van der Waals surface area contributed by atoms with E-state index in [1.165, 1.54) is 32.1 Å². The van der Waals surface area contributed by atoms with Crippen LogP contribution in [-0.4, -0.2) is 12.6 Å². The van der Waals surface area contributed by atoms with Crippen LogP contribution >= 0.6 is 7.92 Å². The van der Waals surface area contributed by atoms with Crippen LogP contribution in [0, 0.1) is 5.63 Å². The average molecular weight is 244 g/mol. The molecule has 3 nitrogen and oxygen atoms in total. The van der Waals surface area contributed by atoms with Gasteiger partial charge in [-0.3, -0.25) is 0 Å². The van der Waals surface area contributed by atoms with Gasteiger partial charge in [-0.25, -0.2) is 0 Å². The van der Waals surface area contributed by atoms with Crippen molar-refractivity contribution in [2.24, 2.45) is 0 Å². The second kappa shape index (κ2) is 12.5. The molecule has 0 fully saturated rings. The normalized spacial score (nSPS) is 9.56. The molecule has 0 spiro atoms. The topological polar surface area (TPSA) is 43.4 Å². The number of carbonyl (C=O) groups is 1. The first-order valence-corrected chi connectivity index (χ1v) is 6.83. The molecule has 16 heavy (non-hydrogen) atoms. The summed E-state index contributed by atoms with van der Waals surface area (Å²) in [6, 6.07) is 0. The summed E-state index contributed by atoms with van der Waals surface area (Å²) in [6.07, 6.45) is 8.44. The van der Waals surface area contributed by atoms with Crippen LogP contribution in [-0.2, 0) is 14.1 Å². The number of carbonyl (C=O) groups excluding carboxylic acids is 1. The Morgan fingerprint density at radius 2 is 1.75 bits per heavy atom. The van der Waals surface area contributed by atoms with Gasteiger partial charge in [0.2, 0.25) is 0 Å². The molecule has 0 saturated heterocycles. The average Bonchev–Trinajstić information content (AvgIpc) is 2.30. The SMILES string of the molecule is CCCCCCCCCOC(=O)CC#P=O. The third-order valence-corrected chi connectivity index (χ3v) is 2.59. The summed E-state index contributed by atoms with van der Waals surface area (Å²) in [4.78, 5) is 10.9. The Bertz CT molecular complexity index is 269. The second-order valence-corrected chi connectivity index (χ2v) is 4.27. The first-order chi connectivity index (χ1) is 7.81. The third-order valence-electron chi connectivity index (χ3n) is 2.30. The maximum absolute atomic E-state index is 10.9. The Morgan fingerprint density at radius 1 is 1.12 bits per heavy atom. The Hall–Kier alpha value is -0.520. The van der Waals surface area contributed by atoms with Crippen LogP contribution in [0.25, 0.3) is 0 Å². The number of unbranched alkanes of at least 4 members (excludes halogenated alkanes) is 6. The van der Waals surface area contributed by atoms with Gasteiger partial charge in [-0.1, -0.05) is 6.92 Å².